The molecule has 214 valence electrons. The van der Waals surface area contributed by atoms with Crippen molar-refractivity contribution < 1.29 is 21.6 Å². The van der Waals surface area contributed by atoms with Gasteiger partial charge in [-0.3, -0.25) is 4.79 Å². The summed E-state index contributed by atoms with van der Waals surface area (Å²) >= 11 is 1.86. The Balaban J connectivity index is 1.56. The van der Waals surface area contributed by atoms with Crippen LogP contribution in [-0.4, -0.2) is 62.6 Å². The maximum atomic E-state index is 12.8. The van der Waals surface area contributed by atoms with Gasteiger partial charge >= 0.3 is 0 Å². The average molecular weight is 680 g/mol. The summed E-state index contributed by atoms with van der Waals surface area (Å²) in [5, 5.41) is 12.6. The fourth-order valence-electron chi connectivity index (χ4n) is 4.68. The molecule has 2 unspecified atom stereocenters. The van der Waals surface area contributed by atoms with Gasteiger partial charge < -0.3 is 26.7 Å². The first kappa shape index (κ1) is 30.7. The molecule has 1 amide bonds. The zero-order valence-corrected chi connectivity index (χ0v) is 26.0. The van der Waals surface area contributed by atoms with Crippen LogP contribution in [0.2, 0.25) is 0 Å². The SMILES string of the molecule is CC(C)N(C(C)C)P(OCCC#N)O[C@@H]1C[C@H](n2ccc3c(NC(=O)c4ccccc4)ncnc32)OC1COI. The Morgan fingerprint density at radius 1 is 1.25 bits per heavy atom. The van der Waals surface area contributed by atoms with Crippen molar-refractivity contribution >= 4 is 54.3 Å². The molecule has 0 bridgehead atoms. The number of aromatic nitrogens is 3. The van der Waals surface area contributed by atoms with E-state index in [9.17, 15) is 4.79 Å². The van der Waals surface area contributed by atoms with Crippen molar-refractivity contribution in [3.05, 3.63) is 54.5 Å². The van der Waals surface area contributed by atoms with Crippen LogP contribution in [-0.2, 0) is 16.9 Å². The lowest BCUT2D eigenvalue weighted by molar-refractivity contribution is -0.0296. The Labute approximate surface area is 249 Å². The number of fused-ring (bicyclic) bond motifs is 1. The van der Waals surface area contributed by atoms with Gasteiger partial charge in [-0.2, -0.15) is 5.26 Å². The molecule has 1 aliphatic rings. The fourth-order valence-corrected chi connectivity index (χ4v) is 6.79. The smallest absolute Gasteiger partial charge is 0.259 e. The first-order chi connectivity index (χ1) is 19.3. The number of rotatable bonds is 13. The molecule has 1 N–H and O–H groups in total. The maximum Gasteiger partial charge on any atom is 0.259 e. The van der Waals surface area contributed by atoms with Crippen molar-refractivity contribution in [2.24, 2.45) is 0 Å². The van der Waals surface area contributed by atoms with E-state index in [1.807, 2.05) is 58.0 Å². The number of ether oxygens (including phenoxy) is 1. The largest absolute Gasteiger partial charge is 0.349 e. The van der Waals surface area contributed by atoms with Crippen LogP contribution in [0.25, 0.3) is 11.0 Å². The summed E-state index contributed by atoms with van der Waals surface area (Å²) in [5.74, 6) is 0.178. The Morgan fingerprint density at radius 2 is 2.00 bits per heavy atom. The van der Waals surface area contributed by atoms with Crippen molar-refractivity contribution in [1.82, 2.24) is 19.2 Å². The molecule has 0 radical (unpaired) electrons. The lowest BCUT2D eigenvalue weighted by atomic mass is 10.2. The number of nitriles is 1. The van der Waals surface area contributed by atoms with E-state index in [0.717, 1.165) is 0 Å². The van der Waals surface area contributed by atoms with E-state index in [2.05, 4.69) is 53.7 Å². The van der Waals surface area contributed by atoms with Crippen molar-refractivity contribution in [3.8, 4) is 6.07 Å². The number of hydrogen-bond acceptors (Lipinski definition) is 9. The highest BCUT2D eigenvalue weighted by molar-refractivity contribution is 14.1. The molecule has 0 spiro atoms. The molecular weight excluding hydrogens is 646 g/mol. The number of carbonyl (C=O) groups is 1. The number of halogens is 1. The van der Waals surface area contributed by atoms with Gasteiger partial charge in [-0.1, -0.05) is 18.2 Å². The molecule has 0 saturated carbocycles. The van der Waals surface area contributed by atoms with Gasteiger partial charge in [-0.15, -0.1) is 0 Å². The number of nitrogens with one attached hydrogen (secondary N) is 1. The number of carbonyl (C=O) groups excluding carboxylic acids is 1. The van der Waals surface area contributed by atoms with Crippen molar-refractivity contribution in [1.29, 1.82) is 5.26 Å². The van der Waals surface area contributed by atoms with E-state index in [4.69, 9.17) is 22.1 Å². The van der Waals surface area contributed by atoms with E-state index in [1.54, 1.807) is 12.1 Å². The van der Waals surface area contributed by atoms with Gasteiger partial charge in [0.2, 0.25) is 0 Å². The maximum absolute atomic E-state index is 12.8. The highest BCUT2D eigenvalue weighted by Crippen LogP contribution is 2.50. The molecule has 3 heterocycles. The molecule has 4 atom stereocenters. The predicted octanol–water partition coefficient (Wildman–Crippen LogP) is 6.00. The monoisotopic (exact) mass is 680 g/mol. The predicted molar refractivity (Wildman–Crippen MR) is 161 cm³/mol. The van der Waals surface area contributed by atoms with Crippen LogP contribution in [0.4, 0.5) is 5.82 Å². The molecule has 4 rings (SSSR count). The molecule has 2 aromatic heterocycles. The molecule has 40 heavy (non-hydrogen) atoms. The van der Waals surface area contributed by atoms with Gasteiger partial charge in [-0.25, -0.2) is 14.6 Å². The van der Waals surface area contributed by atoms with E-state index >= 15 is 0 Å². The second-order valence-electron chi connectivity index (χ2n) is 9.83. The van der Waals surface area contributed by atoms with Crippen LogP contribution in [0.3, 0.4) is 0 Å². The standard InChI is InChI=1S/C27H34IN6O5P/c1-18(2)34(19(3)4)40(37-14-8-12-29)39-22-15-24(38-23(22)16-36-28)33-13-11-21-25(30-17-31-26(21)33)32-27(35)20-9-6-5-7-10-20/h5-7,9-11,13,17-19,22-24H,8,14-16H2,1-4H3,(H,30,31,32,35)/t22-,23?,24-,40?/m1/s1. The van der Waals surface area contributed by atoms with Crippen molar-refractivity contribution in [2.75, 3.05) is 18.5 Å². The molecule has 1 fully saturated rings. The number of amides is 1. The minimum atomic E-state index is -1.45. The summed E-state index contributed by atoms with van der Waals surface area (Å²) in [7, 11) is -1.45. The van der Waals surface area contributed by atoms with Crippen LogP contribution in [0.1, 0.15) is 57.1 Å². The minimum absolute atomic E-state index is 0.181. The molecule has 1 aromatic carbocycles. The summed E-state index contributed by atoms with van der Waals surface area (Å²) in [6.07, 6.45) is 3.10. The quantitative estimate of drug-likeness (QED) is 0.132. The van der Waals surface area contributed by atoms with Gasteiger partial charge in [0.25, 0.3) is 14.4 Å². The molecule has 3 aromatic rings. The van der Waals surface area contributed by atoms with Gasteiger partial charge in [-0.05, 0) is 45.9 Å². The van der Waals surface area contributed by atoms with E-state index in [1.165, 1.54) is 6.33 Å². The van der Waals surface area contributed by atoms with Gasteiger partial charge in [0, 0.05) is 30.3 Å². The minimum Gasteiger partial charge on any atom is -0.349 e. The third-order valence-corrected chi connectivity index (χ3v) is 8.90. The van der Waals surface area contributed by atoms with Gasteiger partial charge in [0.1, 0.15) is 53.1 Å². The highest BCUT2D eigenvalue weighted by atomic mass is 127. The van der Waals surface area contributed by atoms with Crippen LogP contribution in [0, 0.1) is 11.3 Å². The number of benzene rings is 1. The first-order valence-corrected chi connectivity index (χ1v) is 15.2. The van der Waals surface area contributed by atoms with E-state index in [0.29, 0.717) is 42.0 Å². The number of anilines is 1. The average Bonchev–Trinajstić information content (AvgIpc) is 3.53. The highest BCUT2D eigenvalue weighted by Gasteiger charge is 2.41. The van der Waals surface area contributed by atoms with E-state index < -0.39 is 8.53 Å². The van der Waals surface area contributed by atoms with Crippen molar-refractivity contribution in [2.45, 2.75) is 71.1 Å². The fraction of sp³-hybridized carbons (Fsp3) is 0.481. The van der Waals surface area contributed by atoms with Crippen LogP contribution in [0.5, 0.6) is 0 Å². The summed E-state index contributed by atoms with van der Waals surface area (Å²) in [5.41, 5.74) is 1.18. The topological polar surface area (TPSA) is 124 Å². The lowest BCUT2D eigenvalue weighted by Gasteiger charge is -2.37. The number of hydrogen-bond donors (Lipinski definition) is 1. The third kappa shape index (κ3) is 7.33. The molecule has 11 nitrogen and oxygen atoms in total. The zero-order chi connectivity index (χ0) is 28.6. The van der Waals surface area contributed by atoms with Crippen molar-refractivity contribution in [3.63, 3.8) is 0 Å². The normalized spacial score (nSPS) is 19.9. The summed E-state index contributed by atoms with van der Waals surface area (Å²) in [6.45, 7) is 9.03. The molecule has 13 heteroatoms. The zero-order valence-electron chi connectivity index (χ0n) is 22.9. The number of nitrogens with zero attached hydrogens (tertiary/aromatic N) is 5. The first-order valence-electron chi connectivity index (χ1n) is 13.2. The molecular formula is C27H34IN6O5P. The Morgan fingerprint density at radius 3 is 2.67 bits per heavy atom. The Hall–Kier alpha value is -2.24. The Kier molecular flexibility index (Phi) is 11.2. The lowest BCUT2D eigenvalue weighted by Crippen LogP contribution is -2.36. The molecule has 0 aliphatic carbocycles. The van der Waals surface area contributed by atoms with Crippen LogP contribution >= 0.6 is 31.5 Å². The van der Waals surface area contributed by atoms with Gasteiger partial charge in [0.05, 0.1) is 37.2 Å². The summed E-state index contributed by atoms with van der Waals surface area (Å²) < 4.78 is 28.7. The summed E-state index contributed by atoms with van der Waals surface area (Å²) in [4.78, 5) is 21.6. The van der Waals surface area contributed by atoms with Crippen LogP contribution in [0.15, 0.2) is 48.9 Å². The molecule has 1 saturated heterocycles. The van der Waals surface area contributed by atoms with Crippen LogP contribution < -0.4 is 5.32 Å². The van der Waals surface area contributed by atoms with E-state index in [-0.39, 0.29) is 42.8 Å². The third-order valence-electron chi connectivity index (χ3n) is 6.38. The Bertz CT molecular complexity index is 1300. The summed E-state index contributed by atoms with van der Waals surface area (Å²) in [6, 6.07) is 13.4. The second-order valence-corrected chi connectivity index (χ2v) is 11.9. The second kappa shape index (κ2) is 14.6. The van der Waals surface area contributed by atoms with Gasteiger partial charge in [0.15, 0.2) is 0 Å². The molecule has 1 aliphatic heterocycles.